The number of ether oxygens (including phenoxy) is 1. The van der Waals surface area contributed by atoms with E-state index in [-0.39, 0.29) is 29.5 Å². The number of nitrogens with one attached hydrogen (secondary N) is 1. The van der Waals surface area contributed by atoms with Gasteiger partial charge in [-0.15, -0.1) is 5.10 Å². The molecule has 0 aliphatic rings. The van der Waals surface area contributed by atoms with Crippen LogP contribution in [0.15, 0.2) is 57.8 Å². The van der Waals surface area contributed by atoms with Crippen molar-refractivity contribution in [3.8, 4) is 5.75 Å². The quantitative estimate of drug-likeness (QED) is 0.516. The lowest BCUT2D eigenvalue weighted by Gasteiger charge is -2.04. The zero-order chi connectivity index (χ0) is 21.6. The number of carbonyl (C=O) groups is 1. The van der Waals surface area contributed by atoms with Crippen molar-refractivity contribution in [2.75, 3.05) is 18.2 Å². The maximum Gasteiger partial charge on any atom is 0.322 e. The van der Waals surface area contributed by atoms with E-state index in [4.69, 9.17) is 9.15 Å². The molecule has 1 aromatic heterocycles. The van der Waals surface area contributed by atoms with E-state index in [0.29, 0.717) is 12.3 Å². The Morgan fingerprint density at radius 1 is 1.10 bits per heavy atom. The highest BCUT2D eigenvalue weighted by atomic mass is 32.2. The fraction of sp³-hybridized carbons (Fsp3) is 0.250. The zero-order valence-electron chi connectivity index (χ0n) is 16.2. The summed E-state index contributed by atoms with van der Waals surface area (Å²) in [5, 5.41) is 10.1. The Morgan fingerprint density at radius 3 is 2.47 bits per heavy atom. The van der Waals surface area contributed by atoms with Gasteiger partial charge in [-0.2, -0.15) is 0 Å². The highest BCUT2D eigenvalue weighted by molar-refractivity contribution is 7.91. The predicted octanol–water partition coefficient (Wildman–Crippen LogP) is 3.00. The molecule has 0 aliphatic heterocycles. The molecule has 1 N–H and O–H groups in total. The highest BCUT2D eigenvalue weighted by Crippen LogP contribution is 2.16. The molecule has 1 heterocycles. The first kappa shape index (κ1) is 21.4. The minimum absolute atomic E-state index is 0.0179. The van der Waals surface area contributed by atoms with Crippen LogP contribution in [0.4, 0.5) is 10.4 Å². The molecule has 10 heteroatoms. The molecular weight excluding hydrogens is 413 g/mol. The van der Waals surface area contributed by atoms with Crippen molar-refractivity contribution in [3.63, 3.8) is 0 Å². The van der Waals surface area contributed by atoms with E-state index in [1.54, 1.807) is 7.11 Å². The van der Waals surface area contributed by atoms with Crippen LogP contribution < -0.4 is 10.1 Å². The first-order valence-electron chi connectivity index (χ1n) is 9.09. The molecule has 0 saturated heterocycles. The number of amides is 1. The lowest BCUT2D eigenvalue weighted by atomic mass is 10.1. The lowest BCUT2D eigenvalue weighted by Crippen LogP contribution is -2.14. The van der Waals surface area contributed by atoms with E-state index in [1.807, 2.05) is 24.3 Å². The summed E-state index contributed by atoms with van der Waals surface area (Å²) < 4.78 is 47.8. The van der Waals surface area contributed by atoms with E-state index in [9.17, 15) is 17.6 Å². The molecule has 0 fully saturated rings. The number of halogens is 1. The Kier molecular flexibility index (Phi) is 6.78. The first-order valence-corrected chi connectivity index (χ1v) is 10.7. The van der Waals surface area contributed by atoms with Gasteiger partial charge in [-0.05, 0) is 48.4 Å². The van der Waals surface area contributed by atoms with Crippen LogP contribution in [0.3, 0.4) is 0 Å². The van der Waals surface area contributed by atoms with Crippen LogP contribution in [0.25, 0.3) is 0 Å². The maximum atomic E-state index is 12.9. The van der Waals surface area contributed by atoms with Gasteiger partial charge in [0.05, 0.1) is 24.2 Å². The van der Waals surface area contributed by atoms with Gasteiger partial charge in [-0.25, -0.2) is 12.8 Å². The molecule has 0 radical (unpaired) electrons. The van der Waals surface area contributed by atoms with Crippen LogP contribution in [0.2, 0.25) is 0 Å². The molecule has 0 aliphatic carbocycles. The summed E-state index contributed by atoms with van der Waals surface area (Å²) in [5.41, 5.74) is 0.934. The number of nitrogens with zero attached hydrogens (tertiary/aromatic N) is 2. The number of rotatable bonds is 9. The van der Waals surface area contributed by atoms with Gasteiger partial charge >= 0.3 is 6.01 Å². The standard InChI is InChI=1S/C20H20FN3O5S/c1-28-16-8-4-14(5-9-16)13-19-23-24-20(29-19)22-18(25)3-2-12-30(26,27)17-10-6-15(21)7-11-17/h4-11H,2-3,12-13H2,1H3,(H,22,24,25). The molecule has 3 aromatic rings. The van der Waals surface area contributed by atoms with E-state index < -0.39 is 21.6 Å². The van der Waals surface area contributed by atoms with Crippen LogP contribution in [0.5, 0.6) is 5.75 Å². The molecule has 3 rings (SSSR count). The van der Waals surface area contributed by atoms with Crippen LogP contribution in [-0.2, 0) is 21.1 Å². The van der Waals surface area contributed by atoms with Crippen molar-refractivity contribution < 1.29 is 26.8 Å². The Balaban J connectivity index is 1.47. The zero-order valence-corrected chi connectivity index (χ0v) is 17.0. The van der Waals surface area contributed by atoms with E-state index in [0.717, 1.165) is 23.4 Å². The van der Waals surface area contributed by atoms with Gasteiger partial charge < -0.3 is 9.15 Å². The molecule has 0 unspecified atom stereocenters. The second-order valence-corrected chi connectivity index (χ2v) is 8.56. The summed E-state index contributed by atoms with van der Waals surface area (Å²) in [7, 11) is -2.00. The van der Waals surface area contributed by atoms with Gasteiger partial charge in [0.25, 0.3) is 0 Å². The third-order valence-electron chi connectivity index (χ3n) is 4.22. The second kappa shape index (κ2) is 9.49. The summed E-state index contributed by atoms with van der Waals surface area (Å²) in [5.74, 6) is -0.130. The maximum absolute atomic E-state index is 12.9. The Bertz CT molecular complexity index is 1100. The Morgan fingerprint density at radius 2 is 1.80 bits per heavy atom. The van der Waals surface area contributed by atoms with Crippen molar-refractivity contribution in [3.05, 3.63) is 65.8 Å². The molecule has 30 heavy (non-hydrogen) atoms. The summed E-state index contributed by atoms with van der Waals surface area (Å²) in [6.45, 7) is 0. The third kappa shape index (κ3) is 5.86. The topological polar surface area (TPSA) is 111 Å². The van der Waals surface area contributed by atoms with Crippen molar-refractivity contribution in [1.29, 1.82) is 0 Å². The minimum Gasteiger partial charge on any atom is -0.497 e. The van der Waals surface area contributed by atoms with Gasteiger partial charge in [0, 0.05) is 6.42 Å². The van der Waals surface area contributed by atoms with Crippen molar-refractivity contribution in [1.82, 2.24) is 10.2 Å². The summed E-state index contributed by atoms with van der Waals surface area (Å²) >= 11 is 0. The van der Waals surface area contributed by atoms with Crippen molar-refractivity contribution >= 4 is 21.8 Å². The molecule has 0 saturated carbocycles. The number of anilines is 1. The average molecular weight is 433 g/mol. The molecule has 0 bridgehead atoms. The summed E-state index contributed by atoms with van der Waals surface area (Å²) in [6, 6.07) is 11.9. The molecule has 0 spiro atoms. The lowest BCUT2D eigenvalue weighted by molar-refractivity contribution is -0.116. The minimum atomic E-state index is -3.59. The number of benzene rings is 2. The predicted molar refractivity (Wildman–Crippen MR) is 106 cm³/mol. The first-order chi connectivity index (χ1) is 14.4. The number of hydrogen-bond acceptors (Lipinski definition) is 7. The fourth-order valence-electron chi connectivity index (χ4n) is 2.66. The Hall–Kier alpha value is -3.27. The number of methoxy groups -OCH3 is 1. The molecular formula is C20H20FN3O5S. The van der Waals surface area contributed by atoms with Crippen LogP contribution in [-0.4, -0.2) is 37.4 Å². The van der Waals surface area contributed by atoms with Crippen LogP contribution in [0, 0.1) is 5.82 Å². The molecule has 2 aromatic carbocycles. The fourth-order valence-corrected chi connectivity index (χ4v) is 3.97. The van der Waals surface area contributed by atoms with Gasteiger partial charge in [0.2, 0.25) is 11.8 Å². The Labute approximate surface area is 173 Å². The second-order valence-electron chi connectivity index (χ2n) is 6.45. The largest absolute Gasteiger partial charge is 0.497 e. The molecule has 158 valence electrons. The molecule has 8 nitrogen and oxygen atoms in total. The highest BCUT2D eigenvalue weighted by Gasteiger charge is 2.16. The molecule has 1 amide bonds. The number of sulfone groups is 1. The van der Waals surface area contributed by atoms with Gasteiger partial charge in [0.15, 0.2) is 9.84 Å². The van der Waals surface area contributed by atoms with Crippen molar-refractivity contribution in [2.45, 2.75) is 24.2 Å². The van der Waals surface area contributed by atoms with Crippen LogP contribution >= 0.6 is 0 Å². The van der Waals surface area contributed by atoms with Gasteiger partial charge in [-0.3, -0.25) is 10.1 Å². The monoisotopic (exact) mass is 433 g/mol. The summed E-state index contributed by atoms with van der Waals surface area (Å²) in [4.78, 5) is 12.0. The normalized spacial score (nSPS) is 11.3. The number of carbonyl (C=O) groups excluding carboxylic acids is 1. The van der Waals surface area contributed by atoms with Gasteiger partial charge in [-0.1, -0.05) is 17.2 Å². The number of hydrogen-bond donors (Lipinski definition) is 1. The van der Waals surface area contributed by atoms with Crippen molar-refractivity contribution in [2.24, 2.45) is 0 Å². The number of aromatic nitrogens is 2. The van der Waals surface area contributed by atoms with Gasteiger partial charge in [0.1, 0.15) is 11.6 Å². The smallest absolute Gasteiger partial charge is 0.322 e. The van der Waals surface area contributed by atoms with E-state index in [1.165, 1.54) is 12.1 Å². The van der Waals surface area contributed by atoms with Crippen LogP contribution in [0.1, 0.15) is 24.3 Å². The third-order valence-corrected chi connectivity index (χ3v) is 6.03. The molecule has 0 atom stereocenters. The summed E-state index contributed by atoms with van der Waals surface area (Å²) in [6.07, 6.45) is 0.442. The van der Waals surface area contributed by atoms with E-state index in [2.05, 4.69) is 15.5 Å². The SMILES string of the molecule is COc1ccc(Cc2nnc(NC(=O)CCCS(=O)(=O)c3ccc(F)cc3)o2)cc1. The van der Waals surface area contributed by atoms with E-state index >= 15 is 0 Å². The average Bonchev–Trinajstić information content (AvgIpc) is 3.15.